The molecule has 80 valence electrons. The Balaban J connectivity index is 2.92. The lowest BCUT2D eigenvalue weighted by atomic mass is 9.68. The van der Waals surface area contributed by atoms with Crippen molar-refractivity contribution in [3.05, 3.63) is 0 Å². The third-order valence-electron chi connectivity index (χ3n) is 3.26. The molecule has 0 aromatic rings. The van der Waals surface area contributed by atoms with E-state index in [1.807, 2.05) is 13.8 Å². The fourth-order valence-electron chi connectivity index (χ4n) is 2.39. The average molecular weight is 200 g/mol. The molecule has 0 amide bonds. The molecular weight excluding hydrogens is 184 g/mol. The molecule has 14 heavy (non-hydrogen) atoms. The van der Waals surface area contributed by atoms with Crippen LogP contribution in [0.3, 0.4) is 0 Å². The number of carboxylic acids is 2. The Labute approximate surface area is 82.9 Å². The lowest BCUT2D eigenvalue weighted by Gasteiger charge is -2.35. The Hall–Kier alpha value is -1.06. The zero-order chi connectivity index (χ0) is 10.9. The van der Waals surface area contributed by atoms with E-state index >= 15 is 0 Å². The molecule has 0 saturated heterocycles. The van der Waals surface area contributed by atoms with Crippen LogP contribution in [0.15, 0.2) is 0 Å². The van der Waals surface area contributed by atoms with E-state index in [4.69, 9.17) is 10.2 Å². The number of hydrogen-bond acceptors (Lipinski definition) is 2. The maximum Gasteiger partial charge on any atom is 0.307 e. The molecule has 2 N–H and O–H groups in total. The summed E-state index contributed by atoms with van der Waals surface area (Å²) in [5.74, 6) is -3.48. The molecule has 0 unspecified atom stereocenters. The quantitative estimate of drug-likeness (QED) is 0.707. The maximum absolute atomic E-state index is 11.0. The molecule has 1 fully saturated rings. The van der Waals surface area contributed by atoms with Crippen LogP contribution in [0, 0.1) is 23.7 Å². The van der Waals surface area contributed by atoms with Gasteiger partial charge in [0.25, 0.3) is 0 Å². The van der Waals surface area contributed by atoms with Crippen LogP contribution in [0.1, 0.15) is 26.7 Å². The van der Waals surface area contributed by atoms with Crippen LogP contribution in [-0.4, -0.2) is 22.2 Å². The largest absolute Gasteiger partial charge is 0.481 e. The van der Waals surface area contributed by atoms with Crippen molar-refractivity contribution in [1.29, 1.82) is 0 Å². The fourth-order valence-corrected chi connectivity index (χ4v) is 2.39. The average Bonchev–Trinajstić information content (AvgIpc) is 2.07. The van der Waals surface area contributed by atoms with Crippen molar-refractivity contribution in [2.45, 2.75) is 26.7 Å². The van der Waals surface area contributed by atoms with Crippen molar-refractivity contribution >= 4 is 11.9 Å². The van der Waals surface area contributed by atoms with E-state index in [0.29, 0.717) is 0 Å². The predicted molar refractivity (Wildman–Crippen MR) is 49.8 cm³/mol. The van der Waals surface area contributed by atoms with Crippen LogP contribution >= 0.6 is 0 Å². The number of carboxylic acid groups (broad SMARTS) is 2. The zero-order valence-electron chi connectivity index (χ0n) is 8.43. The monoisotopic (exact) mass is 200 g/mol. The summed E-state index contributed by atoms with van der Waals surface area (Å²) >= 11 is 0. The van der Waals surface area contributed by atoms with Crippen LogP contribution in [0.25, 0.3) is 0 Å². The van der Waals surface area contributed by atoms with Crippen molar-refractivity contribution in [2.24, 2.45) is 23.7 Å². The predicted octanol–water partition coefficient (Wildman–Crippen LogP) is 1.45. The van der Waals surface area contributed by atoms with Crippen molar-refractivity contribution in [1.82, 2.24) is 0 Å². The first-order chi connectivity index (χ1) is 6.45. The fraction of sp³-hybridized carbons (Fsp3) is 0.800. The highest BCUT2D eigenvalue weighted by Gasteiger charge is 2.43. The Bertz CT molecular complexity index is 223. The summed E-state index contributed by atoms with van der Waals surface area (Å²) in [7, 11) is 0. The second kappa shape index (κ2) is 3.98. The molecule has 0 aromatic carbocycles. The third kappa shape index (κ3) is 1.89. The molecule has 0 aliphatic heterocycles. The molecule has 4 atom stereocenters. The molecule has 4 heteroatoms. The maximum atomic E-state index is 11.0. The number of hydrogen-bond donors (Lipinski definition) is 2. The summed E-state index contributed by atoms with van der Waals surface area (Å²) in [4.78, 5) is 21.9. The molecule has 1 aliphatic carbocycles. The Morgan fingerprint density at radius 3 is 1.43 bits per heavy atom. The van der Waals surface area contributed by atoms with Crippen molar-refractivity contribution in [2.75, 3.05) is 0 Å². The summed E-state index contributed by atoms with van der Waals surface area (Å²) in [6.07, 6.45) is 1.61. The van der Waals surface area contributed by atoms with Crippen LogP contribution in [0.4, 0.5) is 0 Å². The van der Waals surface area contributed by atoms with Crippen molar-refractivity contribution in [3.8, 4) is 0 Å². The van der Waals surface area contributed by atoms with E-state index in [9.17, 15) is 9.59 Å². The highest BCUT2D eigenvalue weighted by atomic mass is 16.4. The van der Waals surface area contributed by atoms with E-state index in [2.05, 4.69) is 0 Å². The van der Waals surface area contributed by atoms with Gasteiger partial charge in [-0.2, -0.15) is 0 Å². The SMILES string of the molecule is C[C@@H]1CC[C@H](C)[C@H](C(=O)O)[C@@H]1C(=O)O. The van der Waals surface area contributed by atoms with Crippen LogP contribution < -0.4 is 0 Å². The number of carbonyl (C=O) groups is 2. The summed E-state index contributed by atoms with van der Waals surface area (Å²) < 4.78 is 0. The van der Waals surface area contributed by atoms with Crippen molar-refractivity contribution < 1.29 is 19.8 Å². The molecular formula is C10H16O4. The lowest BCUT2D eigenvalue weighted by molar-refractivity contribution is -0.160. The number of aliphatic carboxylic acids is 2. The van der Waals surface area contributed by atoms with Gasteiger partial charge in [0.2, 0.25) is 0 Å². The van der Waals surface area contributed by atoms with Crippen LogP contribution in [-0.2, 0) is 9.59 Å². The summed E-state index contributed by atoms with van der Waals surface area (Å²) in [6, 6.07) is 0. The van der Waals surface area contributed by atoms with Crippen LogP contribution in [0.2, 0.25) is 0 Å². The van der Waals surface area contributed by atoms with Gasteiger partial charge < -0.3 is 10.2 Å². The van der Waals surface area contributed by atoms with Gasteiger partial charge in [0.05, 0.1) is 11.8 Å². The normalized spacial score (nSPS) is 37.9. The first-order valence-electron chi connectivity index (χ1n) is 4.90. The van der Waals surface area contributed by atoms with Gasteiger partial charge in [0, 0.05) is 0 Å². The van der Waals surface area contributed by atoms with Gasteiger partial charge in [0.1, 0.15) is 0 Å². The van der Waals surface area contributed by atoms with Gasteiger partial charge in [-0.1, -0.05) is 13.8 Å². The molecule has 0 spiro atoms. The summed E-state index contributed by atoms with van der Waals surface area (Å²) in [5.41, 5.74) is 0. The molecule has 1 aliphatic rings. The highest BCUT2D eigenvalue weighted by molar-refractivity contribution is 5.80. The highest BCUT2D eigenvalue weighted by Crippen LogP contribution is 2.38. The summed E-state index contributed by atoms with van der Waals surface area (Å²) in [6.45, 7) is 3.64. The van der Waals surface area contributed by atoms with E-state index < -0.39 is 23.8 Å². The van der Waals surface area contributed by atoms with Gasteiger partial charge in [-0.05, 0) is 24.7 Å². The smallest absolute Gasteiger partial charge is 0.307 e. The second-order valence-corrected chi connectivity index (χ2v) is 4.26. The van der Waals surface area contributed by atoms with Gasteiger partial charge in [0.15, 0.2) is 0 Å². The minimum atomic E-state index is -0.976. The van der Waals surface area contributed by atoms with Gasteiger partial charge in [-0.25, -0.2) is 0 Å². The van der Waals surface area contributed by atoms with E-state index in [-0.39, 0.29) is 11.8 Å². The van der Waals surface area contributed by atoms with E-state index in [1.54, 1.807) is 0 Å². The topological polar surface area (TPSA) is 74.6 Å². The summed E-state index contributed by atoms with van der Waals surface area (Å²) in [5, 5.41) is 18.0. The first kappa shape index (κ1) is 11.0. The molecule has 1 saturated carbocycles. The van der Waals surface area contributed by atoms with Gasteiger partial charge >= 0.3 is 11.9 Å². The van der Waals surface area contributed by atoms with E-state index in [0.717, 1.165) is 12.8 Å². The van der Waals surface area contributed by atoms with Crippen LogP contribution in [0.5, 0.6) is 0 Å². The van der Waals surface area contributed by atoms with Gasteiger partial charge in [-0.15, -0.1) is 0 Å². The Morgan fingerprint density at radius 2 is 1.21 bits per heavy atom. The first-order valence-corrected chi connectivity index (χ1v) is 4.90. The minimum Gasteiger partial charge on any atom is -0.481 e. The third-order valence-corrected chi connectivity index (χ3v) is 3.26. The van der Waals surface area contributed by atoms with Gasteiger partial charge in [-0.3, -0.25) is 9.59 Å². The molecule has 1 rings (SSSR count). The lowest BCUT2D eigenvalue weighted by Crippen LogP contribution is -2.41. The standard InChI is InChI=1S/C10H16O4/c1-5-3-4-6(2)8(10(13)14)7(5)9(11)12/h5-8H,3-4H2,1-2H3,(H,11,12)(H,13,14)/t5-,6+,7-,8+. The molecule has 4 nitrogen and oxygen atoms in total. The second-order valence-electron chi connectivity index (χ2n) is 4.26. The molecule has 0 heterocycles. The molecule has 0 aromatic heterocycles. The van der Waals surface area contributed by atoms with E-state index in [1.165, 1.54) is 0 Å². The zero-order valence-corrected chi connectivity index (χ0v) is 8.43. The minimum absolute atomic E-state index is 0.0372. The molecule has 0 bridgehead atoms. The Kier molecular flexibility index (Phi) is 3.13. The number of rotatable bonds is 2. The molecule has 0 radical (unpaired) electrons. The Morgan fingerprint density at radius 1 is 0.929 bits per heavy atom. The van der Waals surface area contributed by atoms with Crippen molar-refractivity contribution in [3.63, 3.8) is 0 Å².